The van der Waals surface area contributed by atoms with Crippen LogP contribution in [0.1, 0.15) is 68.4 Å². The molecule has 8 nitrogen and oxygen atoms in total. The Balaban J connectivity index is 1.51. The van der Waals surface area contributed by atoms with Gasteiger partial charge in [0.1, 0.15) is 5.56 Å². The number of carbonyl (C=O) groups is 1. The number of benzene rings is 1. The summed E-state index contributed by atoms with van der Waals surface area (Å²) in [5, 5.41) is 23.7. The molecule has 1 fully saturated rings. The number of nitrogens with zero attached hydrogens (tertiary/aromatic N) is 5. The minimum Gasteiger partial charge on any atom is -0.386 e. The van der Waals surface area contributed by atoms with Gasteiger partial charge in [-0.3, -0.25) is 9.48 Å². The number of rotatable bonds is 4. The molecule has 1 amide bonds. The summed E-state index contributed by atoms with van der Waals surface area (Å²) in [5.41, 5.74) is 1.69. The van der Waals surface area contributed by atoms with E-state index in [9.17, 15) is 9.90 Å². The fourth-order valence-corrected chi connectivity index (χ4v) is 4.57. The van der Waals surface area contributed by atoms with E-state index >= 15 is 0 Å². The van der Waals surface area contributed by atoms with Gasteiger partial charge in [0.2, 0.25) is 0 Å². The predicted octanol–water partition coefficient (Wildman–Crippen LogP) is 4.31. The first-order valence-electron chi connectivity index (χ1n) is 11.1. The lowest BCUT2D eigenvalue weighted by atomic mass is 9.87. The smallest absolute Gasteiger partial charge is 0.261 e. The quantitative estimate of drug-likeness (QED) is 0.501. The number of anilines is 1. The van der Waals surface area contributed by atoms with Crippen LogP contribution in [0.5, 0.6) is 0 Å². The van der Waals surface area contributed by atoms with Gasteiger partial charge in [0.25, 0.3) is 5.91 Å². The number of aromatic nitrogens is 5. The number of fused-ring (bicyclic) bond motifs is 2. The second-order valence-corrected chi connectivity index (χ2v) is 9.44. The number of carbonyl (C=O) groups excluding carboxylic acids is 1. The van der Waals surface area contributed by atoms with E-state index in [0.717, 1.165) is 29.7 Å². The summed E-state index contributed by atoms with van der Waals surface area (Å²) in [5.74, 6) is 0.450. The van der Waals surface area contributed by atoms with Crippen molar-refractivity contribution in [2.75, 3.05) is 5.32 Å². The van der Waals surface area contributed by atoms with Crippen LogP contribution in [0.25, 0.3) is 16.6 Å². The normalized spacial score (nSPS) is 19.5. The van der Waals surface area contributed by atoms with Crippen molar-refractivity contribution in [3.63, 3.8) is 0 Å². The van der Waals surface area contributed by atoms with Gasteiger partial charge in [0, 0.05) is 35.2 Å². The molecule has 3 aromatic heterocycles. The predicted molar refractivity (Wildman–Crippen MR) is 123 cm³/mol. The van der Waals surface area contributed by atoms with Gasteiger partial charge in [-0.2, -0.15) is 10.2 Å². The lowest BCUT2D eigenvalue weighted by Gasteiger charge is -2.26. The zero-order valence-corrected chi connectivity index (χ0v) is 18.6. The number of hydrogen-bond acceptors (Lipinski definition) is 5. The van der Waals surface area contributed by atoms with E-state index in [1.165, 1.54) is 19.0 Å². The zero-order valence-electron chi connectivity index (χ0n) is 18.6. The van der Waals surface area contributed by atoms with Gasteiger partial charge < -0.3 is 10.4 Å². The molecule has 8 heteroatoms. The first-order valence-corrected chi connectivity index (χ1v) is 11.1. The van der Waals surface area contributed by atoms with E-state index in [4.69, 9.17) is 5.10 Å². The Kier molecular flexibility index (Phi) is 4.97. The highest BCUT2D eigenvalue weighted by Gasteiger charge is 2.25. The third-order valence-corrected chi connectivity index (χ3v) is 6.45. The largest absolute Gasteiger partial charge is 0.386 e. The Morgan fingerprint density at radius 3 is 2.75 bits per heavy atom. The van der Waals surface area contributed by atoms with Crippen LogP contribution in [0.15, 0.2) is 43.0 Å². The molecule has 0 spiro atoms. The van der Waals surface area contributed by atoms with Gasteiger partial charge in [-0.1, -0.05) is 6.92 Å². The van der Waals surface area contributed by atoms with Gasteiger partial charge in [-0.15, -0.1) is 0 Å². The van der Waals surface area contributed by atoms with Crippen LogP contribution < -0.4 is 5.32 Å². The fourth-order valence-electron chi connectivity index (χ4n) is 4.57. The summed E-state index contributed by atoms with van der Waals surface area (Å²) in [6.45, 7) is 5.72. The van der Waals surface area contributed by atoms with Crippen LogP contribution in [0.2, 0.25) is 0 Å². The van der Waals surface area contributed by atoms with Crippen LogP contribution in [-0.4, -0.2) is 35.4 Å². The molecule has 3 heterocycles. The summed E-state index contributed by atoms with van der Waals surface area (Å²) in [6, 6.07) is 5.93. The molecule has 0 saturated heterocycles. The highest BCUT2D eigenvalue weighted by atomic mass is 16.3. The molecular weight excluding hydrogens is 404 g/mol. The average molecular weight is 433 g/mol. The Morgan fingerprint density at radius 2 is 2.00 bits per heavy atom. The van der Waals surface area contributed by atoms with E-state index < -0.39 is 5.60 Å². The lowest BCUT2D eigenvalue weighted by Crippen LogP contribution is -2.21. The molecule has 0 bridgehead atoms. The molecule has 166 valence electrons. The molecule has 0 unspecified atom stereocenters. The maximum absolute atomic E-state index is 13.1. The van der Waals surface area contributed by atoms with Crippen LogP contribution >= 0.6 is 0 Å². The van der Waals surface area contributed by atoms with Crippen molar-refractivity contribution in [2.45, 2.75) is 58.1 Å². The topological polar surface area (TPSA) is 97.3 Å². The van der Waals surface area contributed by atoms with E-state index in [-0.39, 0.29) is 5.91 Å². The van der Waals surface area contributed by atoms with Gasteiger partial charge in [-0.05, 0) is 63.6 Å². The molecular formula is C24H28N6O2. The second kappa shape index (κ2) is 7.70. The summed E-state index contributed by atoms with van der Waals surface area (Å²) in [6.07, 6.45) is 11.6. The Morgan fingerprint density at radius 1 is 1.22 bits per heavy atom. The summed E-state index contributed by atoms with van der Waals surface area (Å²) in [4.78, 5) is 17.3. The van der Waals surface area contributed by atoms with Gasteiger partial charge >= 0.3 is 0 Å². The van der Waals surface area contributed by atoms with Crippen LogP contribution in [0.3, 0.4) is 0 Å². The van der Waals surface area contributed by atoms with E-state index in [0.29, 0.717) is 28.5 Å². The summed E-state index contributed by atoms with van der Waals surface area (Å²) < 4.78 is 3.62. The number of aliphatic hydroxyl groups is 1. The number of nitrogens with one attached hydrogen (secondary N) is 1. The van der Waals surface area contributed by atoms with Gasteiger partial charge in [0.05, 0.1) is 23.4 Å². The van der Waals surface area contributed by atoms with Crippen LogP contribution in [0, 0.1) is 5.92 Å². The maximum atomic E-state index is 13.1. The van der Waals surface area contributed by atoms with E-state index in [1.807, 2.05) is 12.1 Å². The van der Waals surface area contributed by atoms with Gasteiger partial charge in [0.15, 0.2) is 5.65 Å². The first kappa shape index (κ1) is 20.6. The third kappa shape index (κ3) is 3.75. The highest BCUT2D eigenvalue weighted by molar-refractivity contribution is 6.09. The van der Waals surface area contributed by atoms with Crippen molar-refractivity contribution in [1.29, 1.82) is 0 Å². The molecule has 1 aromatic carbocycles. The molecule has 32 heavy (non-hydrogen) atoms. The molecule has 4 aromatic rings. The molecule has 0 radical (unpaired) electrons. The Hall–Kier alpha value is -3.26. The Labute approximate surface area is 186 Å². The first-order chi connectivity index (χ1) is 15.3. The zero-order chi connectivity index (χ0) is 22.5. The molecule has 0 atom stereocenters. The van der Waals surface area contributed by atoms with Crippen molar-refractivity contribution in [3.05, 3.63) is 54.1 Å². The summed E-state index contributed by atoms with van der Waals surface area (Å²) in [7, 11) is 0. The van der Waals surface area contributed by atoms with Crippen molar-refractivity contribution in [2.24, 2.45) is 5.92 Å². The van der Waals surface area contributed by atoms with Crippen molar-refractivity contribution < 1.29 is 9.90 Å². The summed E-state index contributed by atoms with van der Waals surface area (Å²) >= 11 is 0. The lowest BCUT2D eigenvalue weighted by molar-refractivity contribution is 0.0794. The van der Waals surface area contributed by atoms with Crippen LogP contribution in [-0.2, 0) is 5.60 Å². The Bertz CT molecular complexity index is 1290. The van der Waals surface area contributed by atoms with Crippen LogP contribution in [0.4, 0.5) is 5.69 Å². The van der Waals surface area contributed by atoms with Crippen molar-refractivity contribution in [1.82, 2.24) is 24.4 Å². The molecule has 1 aliphatic carbocycles. The minimum absolute atomic E-state index is 0.322. The van der Waals surface area contributed by atoms with Crippen molar-refractivity contribution in [3.8, 4) is 0 Å². The molecule has 1 saturated carbocycles. The van der Waals surface area contributed by atoms with Crippen molar-refractivity contribution >= 4 is 28.1 Å². The SMILES string of the molecule is CC1CCC(n2cc3cc(NC(=O)c4cnn5cccnc45)c(C(C)(C)O)cc3n2)CC1. The third-order valence-electron chi connectivity index (χ3n) is 6.45. The monoisotopic (exact) mass is 432 g/mol. The number of hydrogen-bond donors (Lipinski definition) is 2. The average Bonchev–Trinajstić information content (AvgIpc) is 3.37. The fraction of sp³-hybridized carbons (Fsp3) is 0.417. The van der Waals surface area contributed by atoms with E-state index in [2.05, 4.69) is 33.2 Å². The van der Waals surface area contributed by atoms with Gasteiger partial charge in [-0.25, -0.2) is 9.50 Å². The second-order valence-electron chi connectivity index (χ2n) is 9.44. The minimum atomic E-state index is -1.15. The number of amides is 1. The molecule has 2 N–H and O–H groups in total. The van der Waals surface area contributed by atoms with E-state index in [1.54, 1.807) is 36.8 Å². The molecule has 0 aliphatic heterocycles. The maximum Gasteiger partial charge on any atom is 0.261 e. The molecule has 5 rings (SSSR count). The standard InChI is InChI=1S/C24H28N6O2/c1-15-5-7-17(8-6-15)30-14-16-11-21(19(24(2,3)32)12-20(16)28-30)27-23(31)18-13-26-29-10-4-9-25-22(18)29/h4,9-15,17,32H,5-8H2,1-3H3,(H,27,31). The highest BCUT2D eigenvalue weighted by Crippen LogP contribution is 2.35. The molecule has 1 aliphatic rings.